The average molecular weight is 329 g/mol. The molecule has 4 heteroatoms. The van der Waals surface area contributed by atoms with Crippen LogP contribution >= 0.6 is 0 Å². The van der Waals surface area contributed by atoms with Crippen molar-refractivity contribution < 1.29 is 9.47 Å². The van der Waals surface area contributed by atoms with Crippen LogP contribution in [0.25, 0.3) is 0 Å². The van der Waals surface area contributed by atoms with Gasteiger partial charge in [-0.05, 0) is 37.0 Å². The predicted molar refractivity (Wildman–Crippen MR) is 96.4 cm³/mol. The Labute approximate surface area is 144 Å². The summed E-state index contributed by atoms with van der Waals surface area (Å²) >= 11 is 0. The Morgan fingerprint density at radius 3 is 2.50 bits per heavy atom. The highest BCUT2D eigenvalue weighted by atomic mass is 16.5. The van der Waals surface area contributed by atoms with E-state index in [9.17, 15) is 4.79 Å². The van der Waals surface area contributed by atoms with Gasteiger partial charge in [-0.3, -0.25) is 4.79 Å². The summed E-state index contributed by atoms with van der Waals surface area (Å²) in [5.41, 5.74) is 0.960. The quantitative estimate of drug-likeness (QED) is 0.618. The molecule has 0 saturated heterocycles. The number of pyridine rings is 1. The van der Waals surface area contributed by atoms with Crippen LogP contribution in [0, 0.1) is 0 Å². The summed E-state index contributed by atoms with van der Waals surface area (Å²) in [7, 11) is 0. The molecular weight excluding hydrogens is 302 g/mol. The van der Waals surface area contributed by atoms with Crippen LogP contribution in [0.1, 0.15) is 38.7 Å². The van der Waals surface area contributed by atoms with Crippen LogP contribution in [0.5, 0.6) is 5.75 Å². The molecular formula is C20H27NO3. The van der Waals surface area contributed by atoms with Crippen LogP contribution in [-0.2, 0) is 17.9 Å². The van der Waals surface area contributed by atoms with E-state index in [0.29, 0.717) is 31.6 Å². The fourth-order valence-electron chi connectivity index (χ4n) is 2.55. The van der Waals surface area contributed by atoms with Gasteiger partial charge in [0, 0.05) is 19.3 Å². The first-order valence-electron chi connectivity index (χ1n) is 8.72. The van der Waals surface area contributed by atoms with Crippen molar-refractivity contribution in [1.82, 2.24) is 4.57 Å². The minimum absolute atomic E-state index is 0.0871. The molecule has 24 heavy (non-hydrogen) atoms. The highest BCUT2D eigenvalue weighted by Crippen LogP contribution is 2.08. The molecule has 0 aliphatic carbocycles. The fraction of sp³-hybridized carbons (Fsp3) is 0.450. The Morgan fingerprint density at radius 1 is 1.04 bits per heavy atom. The molecule has 4 nitrogen and oxygen atoms in total. The van der Waals surface area contributed by atoms with E-state index in [-0.39, 0.29) is 5.56 Å². The van der Waals surface area contributed by atoms with Crippen LogP contribution in [0.15, 0.2) is 53.5 Å². The van der Waals surface area contributed by atoms with E-state index in [1.807, 2.05) is 36.4 Å². The summed E-state index contributed by atoms with van der Waals surface area (Å²) in [6, 6.07) is 13.4. The molecule has 0 atom stereocenters. The zero-order valence-corrected chi connectivity index (χ0v) is 14.6. The van der Waals surface area contributed by atoms with Crippen molar-refractivity contribution >= 4 is 0 Å². The number of hydrogen-bond donors (Lipinski definition) is 0. The molecule has 0 fully saturated rings. The van der Waals surface area contributed by atoms with Crippen molar-refractivity contribution in [2.75, 3.05) is 6.61 Å². The van der Waals surface area contributed by atoms with Crippen molar-refractivity contribution in [3.8, 4) is 5.75 Å². The van der Waals surface area contributed by atoms with E-state index in [1.165, 1.54) is 0 Å². The van der Waals surface area contributed by atoms with Gasteiger partial charge in [-0.1, -0.05) is 44.2 Å². The second kappa shape index (κ2) is 9.93. The molecule has 1 heterocycles. The van der Waals surface area contributed by atoms with Gasteiger partial charge in [0.25, 0.3) is 5.56 Å². The lowest BCUT2D eigenvalue weighted by Gasteiger charge is -2.14. The third-order valence-corrected chi connectivity index (χ3v) is 4.03. The summed E-state index contributed by atoms with van der Waals surface area (Å²) in [4.78, 5) is 12.4. The van der Waals surface area contributed by atoms with Gasteiger partial charge in [0.2, 0.25) is 0 Å². The first-order chi connectivity index (χ1) is 11.7. The van der Waals surface area contributed by atoms with Gasteiger partial charge >= 0.3 is 0 Å². The van der Waals surface area contributed by atoms with E-state index in [1.54, 1.807) is 16.8 Å². The Kier molecular flexibility index (Phi) is 7.56. The van der Waals surface area contributed by atoms with Crippen LogP contribution in [0.3, 0.4) is 0 Å². The predicted octanol–water partition coefficient (Wildman–Crippen LogP) is 4.02. The lowest BCUT2D eigenvalue weighted by Crippen LogP contribution is -2.22. The van der Waals surface area contributed by atoms with Crippen LogP contribution in [0.4, 0.5) is 0 Å². The van der Waals surface area contributed by atoms with Gasteiger partial charge in [-0.2, -0.15) is 0 Å². The maximum atomic E-state index is 12.4. The smallest absolute Gasteiger partial charge is 0.292 e. The molecule has 1 aromatic heterocycles. The molecule has 0 bridgehead atoms. The summed E-state index contributed by atoms with van der Waals surface area (Å²) < 4.78 is 13.2. The van der Waals surface area contributed by atoms with Crippen LogP contribution < -0.4 is 10.3 Å². The van der Waals surface area contributed by atoms with E-state index < -0.39 is 0 Å². The maximum absolute atomic E-state index is 12.4. The standard InChI is InChI=1S/C20H27NO3/c1-3-18(4-2)23-15-9-14-21-13-8-12-19(20(21)22)24-16-17-10-6-5-7-11-17/h5-8,10-13,18H,3-4,9,14-16H2,1-2H3. The topological polar surface area (TPSA) is 40.5 Å². The van der Waals surface area contributed by atoms with Gasteiger partial charge in [-0.25, -0.2) is 0 Å². The Morgan fingerprint density at radius 2 is 1.79 bits per heavy atom. The van der Waals surface area contributed by atoms with E-state index in [4.69, 9.17) is 9.47 Å². The SMILES string of the molecule is CCC(CC)OCCCn1cccc(OCc2ccccc2)c1=O. The van der Waals surface area contributed by atoms with Gasteiger partial charge in [0.1, 0.15) is 6.61 Å². The number of aryl methyl sites for hydroxylation is 1. The fourth-order valence-corrected chi connectivity index (χ4v) is 2.55. The summed E-state index contributed by atoms with van der Waals surface area (Å²) in [6.07, 6.45) is 4.99. The molecule has 0 aliphatic rings. The Balaban J connectivity index is 1.87. The molecule has 0 unspecified atom stereocenters. The molecule has 0 aliphatic heterocycles. The third-order valence-electron chi connectivity index (χ3n) is 4.03. The van der Waals surface area contributed by atoms with Crippen molar-refractivity contribution in [3.05, 3.63) is 64.6 Å². The van der Waals surface area contributed by atoms with Crippen molar-refractivity contribution in [2.45, 2.75) is 52.4 Å². The zero-order valence-electron chi connectivity index (χ0n) is 14.6. The monoisotopic (exact) mass is 329 g/mol. The Hall–Kier alpha value is -2.07. The van der Waals surface area contributed by atoms with Crippen LogP contribution in [-0.4, -0.2) is 17.3 Å². The number of hydrogen-bond acceptors (Lipinski definition) is 3. The van der Waals surface area contributed by atoms with Crippen molar-refractivity contribution in [1.29, 1.82) is 0 Å². The highest BCUT2D eigenvalue weighted by molar-refractivity contribution is 5.19. The minimum Gasteiger partial charge on any atom is -0.483 e. The van der Waals surface area contributed by atoms with Gasteiger partial charge in [0.05, 0.1) is 6.10 Å². The first-order valence-corrected chi connectivity index (χ1v) is 8.72. The molecule has 0 radical (unpaired) electrons. The molecule has 0 saturated carbocycles. The van der Waals surface area contributed by atoms with Crippen molar-refractivity contribution in [2.24, 2.45) is 0 Å². The van der Waals surface area contributed by atoms with E-state index in [0.717, 1.165) is 24.8 Å². The van der Waals surface area contributed by atoms with E-state index >= 15 is 0 Å². The first kappa shape index (κ1) is 18.3. The van der Waals surface area contributed by atoms with Gasteiger partial charge in [-0.15, -0.1) is 0 Å². The second-order valence-electron chi connectivity index (χ2n) is 5.81. The number of aromatic nitrogens is 1. The average Bonchev–Trinajstić information content (AvgIpc) is 2.63. The zero-order chi connectivity index (χ0) is 17.2. The Bertz CT molecular complexity index is 647. The molecule has 1 aromatic carbocycles. The second-order valence-corrected chi connectivity index (χ2v) is 5.81. The summed E-state index contributed by atoms with van der Waals surface area (Å²) in [5, 5.41) is 0. The largest absolute Gasteiger partial charge is 0.483 e. The number of rotatable bonds is 10. The van der Waals surface area contributed by atoms with E-state index in [2.05, 4.69) is 13.8 Å². The third kappa shape index (κ3) is 5.53. The molecule has 0 spiro atoms. The molecule has 0 amide bonds. The molecule has 130 valence electrons. The maximum Gasteiger partial charge on any atom is 0.292 e. The van der Waals surface area contributed by atoms with Crippen LogP contribution in [0.2, 0.25) is 0 Å². The summed E-state index contributed by atoms with van der Waals surface area (Å²) in [6.45, 7) is 5.98. The number of ether oxygens (including phenoxy) is 2. The minimum atomic E-state index is -0.0871. The lowest BCUT2D eigenvalue weighted by atomic mass is 10.2. The van der Waals surface area contributed by atoms with Gasteiger partial charge < -0.3 is 14.0 Å². The number of benzene rings is 1. The highest BCUT2D eigenvalue weighted by Gasteiger charge is 2.06. The normalized spacial score (nSPS) is 11.0. The molecule has 0 N–H and O–H groups in total. The molecule has 2 aromatic rings. The summed E-state index contributed by atoms with van der Waals surface area (Å²) in [5.74, 6) is 0.391. The molecule has 2 rings (SSSR count). The lowest BCUT2D eigenvalue weighted by molar-refractivity contribution is 0.0448. The van der Waals surface area contributed by atoms with Crippen molar-refractivity contribution in [3.63, 3.8) is 0 Å². The number of nitrogens with zero attached hydrogens (tertiary/aromatic N) is 1. The van der Waals surface area contributed by atoms with Gasteiger partial charge in [0.15, 0.2) is 5.75 Å².